The number of hydrogen-bond acceptors (Lipinski definition) is 3. The normalized spacial score (nSPS) is 12.0. The highest BCUT2D eigenvalue weighted by atomic mass is 32.2. The molecule has 2 rings (SSSR count). The van der Waals surface area contributed by atoms with Crippen LogP contribution in [0.2, 0.25) is 0 Å². The standard InChI is InChI=1S/C11H9F2NO2S2/c12-11(13)8-3-1-7(2-4-8)9-5-6-10(17-9)18(14,15)16/h1-6,11H,(H2,14,15,16). The van der Waals surface area contributed by atoms with Gasteiger partial charge in [0.15, 0.2) is 0 Å². The maximum atomic E-state index is 12.4. The van der Waals surface area contributed by atoms with Gasteiger partial charge in [0.1, 0.15) is 4.21 Å². The zero-order valence-electron chi connectivity index (χ0n) is 9.01. The largest absolute Gasteiger partial charge is 0.263 e. The maximum absolute atomic E-state index is 12.4. The van der Waals surface area contributed by atoms with Crippen LogP contribution in [-0.2, 0) is 10.0 Å². The summed E-state index contributed by atoms with van der Waals surface area (Å²) in [6, 6.07) is 8.69. The fraction of sp³-hybridized carbons (Fsp3) is 0.0909. The number of alkyl halides is 2. The molecular weight excluding hydrogens is 280 g/mol. The van der Waals surface area contributed by atoms with Gasteiger partial charge < -0.3 is 0 Å². The van der Waals surface area contributed by atoms with Gasteiger partial charge in [0.2, 0.25) is 10.0 Å². The Balaban J connectivity index is 2.35. The van der Waals surface area contributed by atoms with Gasteiger partial charge in [-0.1, -0.05) is 24.3 Å². The zero-order chi connectivity index (χ0) is 13.3. The molecule has 2 aromatic rings. The minimum atomic E-state index is -3.71. The molecule has 0 saturated heterocycles. The van der Waals surface area contributed by atoms with E-state index < -0.39 is 16.4 Å². The first-order valence-electron chi connectivity index (χ1n) is 4.89. The molecule has 1 aromatic heterocycles. The second-order valence-corrected chi connectivity index (χ2v) is 6.46. The molecule has 3 nitrogen and oxygen atoms in total. The van der Waals surface area contributed by atoms with E-state index in [1.807, 2.05) is 0 Å². The SMILES string of the molecule is NS(=O)(=O)c1ccc(-c2ccc(C(F)F)cc2)s1. The van der Waals surface area contributed by atoms with Crippen LogP contribution in [0.4, 0.5) is 8.78 Å². The van der Waals surface area contributed by atoms with Gasteiger partial charge in [0, 0.05) is 10.4 Å². The summed E-state index contributed by atoms with van der Waals surface area (Å²) in [5, 5.41) is 5.00. The lowest BCUT2D eigenvalue weighted by Gasteiger charge is -2.01. The summed E-state index contributed by atoms with van der Waals surface area (Å²) in [4.78, 5) is 0.667. The number of thiophene rings is 1. The van der Waals surface area contributed by atoms with Crippen LogP contribution >= 0.6 is 11.3 Å². The lowest BCUT2D eigenvalue weighted by molar-refractivity contribution is 0.151. The highest BCUT2D eigenvalue weighted by Gasteiger charge is 2.12. The van der Waals surface area contributed by atoms with Gasteiger partial charge in [-0.25, -0.2) is 22.3 Å². The Labute approximate surface area is 107 Å². The van der Waals surface area contributed by atoms with E-state index in [0.29, 0.717) is 10.4 Å². The lowest BCUT2D eigenvalue weighted by atomic mass is 10.1. The van der Waals surface area contributed by atoms with E-state index in [2.05, 4.69) is 0 Å². The van der Waals surface area contributed by atoms with Crippen molar-refractivity contribution in [3.63, 3.8) is 0 Å². The van der Waals surface area contributed by atoms with Gasteiger partial charge in [-0.3, -0.25) is 0 Å². The van der Waals surface area contributed by atoms with Gasteiger partial charge in [-0.05, 0) is 17.7 Å². The number of rotatable bonds is 3. The molecule has 0 atom stereocenters. The minimum absolute atomic E-state index is 0.0513. The van der Waals surface area contributed by atoms with Crippen molar-refractivity contribution in [2.24, 2.45) is 5.14 Å². The molecule has 0 unspecified atom stereocenters. The molecule has 0 radical (unpaired) electrons. The average Bonchev–Trinajstić information content (AvgIpc) is 2.78. The van der Waals surface area contributed by atoms with E-state index in [0.717, 1.165) is 11.3 Å². The summed E-state index contributed by atoms with van der Waals surface area (Å²) in [5.74, 6) is 0. The molecule has 0 bridgehead atoms. The number of hydrogen-bond donors (Lipinski definition) is 1. The molecule has 0 fully saturated rings. The fourth-order valence-corrected chi connectivity index (χ4v) is 3.16. The third kappa shape index (κ3) is 2.74. The van der Waals surface area contributed by atoms with Crippen LogP contribution < -0.4 is 5.14 Å². The molecule has 0 aliphatic carbocycles. The number of nitrogens with two attached hydrogens (primary N) is 1. The third-order valence-electron chi connectivity index (χ3n) is 2.31. The molecule has 0 aliphatic rings. The summed E-state index contributed by atoms with van der Waals surface area (Å²) < 4.78 is 47.0. The zero-order valence-corrected chi connectivity index (χ0v) is 10.6. The van der Waals surface area contributed by atoms with Gasteiger partial charge in [-0.15, -0.1) is 11.3 Å². The Kier molecular flexibility index (Phi) is 3.47. The predicted octanol–water partition coefficient (Wildman–Crippen LogP) is 3.00. The summed E-state index contributed by atoms with van der Waals surface area (Å²) in [6.07, 6.45) is -2.51. The first kappa shape index (κ1) is 13.1. The number of benzene rings is 1. The number of sulfonamides is 1. The molecular formula is C11H9F2NO2S2. The Morgan fingerprint density at radius 1 is 1.06 bits per heavy atom. The predicted molar refractivity (Wildman–Crippen MR) is 66.1 cm³/mol. The van der Waals surface area contributed by atoms with Crippen LogP contribution in [0.15, 0.2) is 40.6 Å². The van der Waals surface area contributed by atoms with Crippen LogP contribution in [0.3, 0.4) is 0 Å². The second kappa shape index (κ2) is 4.75. The molecule has 1 aromatic carbocycles. The highest BCUT2D eigenvalue weighted by Crippen LogP contribution is 2.31. The van der Waals surface area contributed by atoms with Crippen LogP contribution in [0.5, 0.6) is 0 Å². The monoisotopic (exact) mass is 289 g/mol. The fourth-order valence-electron chi connectivity index (χ4n) is 1.42. The smallest absolute Gasteiger partial charge is 0.224 e. The quantitative estimate of drug-likeness (QED) is 0.944. The molecule has 0 spiro atoms. The van der Waals surface area contributed by atoms with E-state index in [-0.39, 0.29) is 9.77 Å². The molecule has 0 saturated carbocycles. The van der Waals surface area contributed by atoms with Crippen LogP contribution in [0, 0.1) is 0 Å². The van der Waals surface area contributed by atoms with Crippen molar-refractivity contribution < 1.29 is 17.2 Å². The molecule has 7 heteroatoms. The van der Waals surface area contributed by atoms with E-state index >= 15 is 0 Å². The second-order valence-electron chi connectivity index (χ2n) is 3.59. The topological polar surface area (TPSA) is 60.2 Å². The number of halogens is 2. The van der Waals surface area contributed by atoms with E-state index in [1.54, 1.807) is 6.07 Å². The summed E-state index contributed by atoms with van der Waals surface area (Å²) in [6.45, 7) is 0. The van der Waals surface area contributed by atoms with Crippen molar-refractivity contribution in [1.82, 2.24) is 0 Å². The Morgan fingerprint density at radius 2 is 1.67 bits per heavy atom. The Morgan fingerprint density at radius 3 is 2.11 bits per heavy atom. The molecule has 1 heterocycles. The molecule has 96 valence electrons. The molecule has 18 heavy (non-hydrogen) atoms. The lowest BCUT2D eigenvalue weighted by Crippen LogP contribution is -2.09. The van der Waals surface area contributed by atoms with E-state index in [9.17, 15) is 17.2 Å². The van der Waals surface area contributed by atoms with E-state index in [4.69, 9.17) is 5.14 Å². The third-order valence-corrected chi connectivity index (χ3v) is 4.88. The molecule has 0 aliphatic heterocycles. The van der Waals surface area contributed by atoms with Crippen LogP contribution in [0.1, 0.15) is 12.0 Å². The number of primary sulfonamides is 1. The average molecular weight is 289 g/mol. The summed E-state index contributed by atoms with van der Waals surface area (Å²) in [5.41, 5.74) is 0.612. The van der Waals surface area contributed by atoms with E-state index in [1.165, 1.54) is 30.3 Å². The van der Waals surface area contributed by atoms with Gasteiger partial charge in [0.25, 0.3) is 6.43 Å². The van der Waals surface area contributed by atoms with Crippen molar-refractivity contribution in [2.75, 3.05) is 0 Å². The maximum Gasteiger partial charge on any atom is 0.263 e. The van der Waals surface area contributed by atoms with Crippen molar-refractivity contribution in [3.8, 4) is 10.4 Å². The van der Waals surface area contributed by atoms with Crippen molar-refractivity contribution in [1.29, 1.82) is 0 Å². The van der Waals surface area contributed by atoms with Crippen LogP contribution in [0.25, 0.3) is 10.4 Å². The van der Waals surface area contributed by atoms with Gasteiger partial charge in [-0.2, -0.15) is 0 Å². The highest BCUT2D eigenvalue weighted by molar-refractivity contribution is 7.91. The Bertz CT molecular complexity index is 648. The molecule has 2 N–H and O–H groups in total. The first-order chi connectivity index (χ1) is 8.38. The van der Waals surface area contributed by atoms with Gasteiger partial charge >= 0.3 is 0 Å². The summed E-state index contributed by atoms with van der Waals surface area (Å²) >= 11 is 1.01. The van der Waals surface area contributed by atoms with Gasteiger partial charge in [0.05, 0.1) is 0 Å². The summed E-state index contributed by atoms with van der Waals surface area (Å²) in [7, 11) is -3.71. The minimum Gasteiger partial charge on any atom is -0.224 e. The van der Waals surface area contributed by atoms with Crippen molar-refractivity contribution in [2.45, 2.75) is 10.6 Å². The van der Waals surface area contributed by atoms with Crippen molar-refractivity contribution in [3.05, 3.63) is 42.0 Å². The van der Waals surface area contributed by atoms with Crippen LogP contribution in [-0.4, -0.2) is 8.42 Å². The van der Waals surface area contributed by atoms with Crippen molar-refractivity contribution >= 4 is 21.4 Å². The first-order valence-corrected chi connectivity index (χ1v) is 7.25. The molecule has 0 amide bonds. The Hall–Kier alpha value is -1.31.